The molecule has 1 aliphatic rings. The molecule has 1 aromatic rings. The lowest BCUT2D eigenvalue weighted by molar-refractivity contribution is -0.146. The maximum Gasteiger partial charge on any atom is 0.246 e. The first-order valence-electron chi connectivity index (χ1n) is 6.44. The number of nitrogens with one attached hydrogen (secondary N) is 1. The lowest BCUT2D eigenvalue weighted by atomic mass is 9.97. The monoisotopic (exact) mass is 277 g/mol. The first kappa shape index (κ1) is 14.5. The number of aliphatic hydroxyl groups is 1. The molecule has 1 atom stereocenters. The van der Waals surface area contributed by atoms with Gasteiger partial charge in [0.2, 0.25) is 11.8 Å². The Labute approximate surface area is 117 Å². The number of amides is 2. The van der Waals surface area contributed by atoms with Gasteiger partial charge in [-0.15, -0.1) is 0 Å². The molecule has 6 nitrogen and oxygen atoms in total. The molecule has 0 saturated carbocycles. The molecule has 2 rings (SSSR count). The van der Waals surface area contributed by atoms with Crippen LogP contribution in [0, 0.1) is 0 Å². The number of β-amino-alcohol motifs (C(OH)–C–C–N with tert-alkyl or cyclic N) is 1. The number of piperazine rings is 1. The van der Waals surface area contributed by atoms with E-state index in [9.17, 15) is 14.7 Å². The van der Waals surface area contributed by atoms with E-state index in [1.165, 1.54) is 0 Å². The number of hydrogen-bond acceptors (Lipinski definition) is 5. The predicted octanol–water partition coefficient (Wildman–Crippen LogP) is 0.0392. The van der Waals surface area contributed by atoms with Gasteiger partial charge < -0.3 is 10.8 Å². The molecule has 0 aliphatic carbocycles. The predicted molar refractivity (Wildman–Crippen MR) is 74.6 cm³/mol. The van der Waals surface area contributed by atoms with Gasteiger partial charge in [0.15, 0.2) is 0 Å². The molecule has 0 aromatic heterocycles. The molecule has 0 radical (unpaired) electrons. The number of anilines is 1. The SMILES string of the molecule is CC1(C)C(=O)NC(=O)CN1CC(O)c1ccccc1N. The van der Waals surface area contributed by atoms with E-state index in [1.807, 2.05) is 0 Å². The summed E-state index contributed by atoms with van der Waals surface area (Å²) in [5.41, 5.74) is 6.07. The third-order valence-corrected chi connectivity index (χ3v) is 3.68. The number of para-hydroxylation sites is 1. The Kier molecular flexibility index (Phi) is 3.78. The summed E-state index contributed by atoms with van der Waals surface area (Å²) in [4.78, 5) is 25.0. The fourth-order valence-corrected chi connectivity index (χ4v) is 2.25. The molecule has 6 heteroatoms. The van der Waals surface area contributed by atoms with Crippen LogP contribution >= 0.6 is 0 Å². The van der Waals surface area contributed by atoms with Crippen LogP contribution in [-0.4, -0.2) is 40.4 Å². The van der Waals surface area contributed by atoms with Gasteiger partial charge in [-0.1, -0.05) is 18.2 Å². The first-order valence-corrected chi connectivity index (χ1v) is 6.44. The summed E-state index contributed by atoms with van der Waals surface area (Å²) in [5.74, 6) is -0.718. The summed E-state index contributed by atoms with van der Waals surface area (Å²) in [7, 11) is 0. The minimum absolute atomic E-state index is 0.0720. The van der Waals surface area contributed by atoms with Crippen molar-refractivity contribution >= 4 is 17.5 Å². The van der Waals surface area contributed by atoms with Crippen molar-refractivity contribution in [1.82, 2.24) is 10.2 Å². The van der Waals surface area contributed by atoms with Gasteiger partial charge in [-0.3, -0.25) is 19.8 Å². The van der Waals surface area contributed by atoms with Crippen molar-refractivity contribution in [1.29, 1.82) is 0 Å². The van der Waals surface area contributed by atoms with Gasteiger partial charge in [-0.2, -0.15) is 0 Å². The highest BCUT2D eigenvalue weighted by atomic mass is 16.3. The van der Waals surface area contributed by atoms with Crippen molar-refractivity contribution in [3.8, 4) is 0 Å². The molecule has 1 fully saturated rings. The number of carbonyl (C=O) groups excluding carboxylic acids is 2. The molecular formula is C14H19N3O3. The fraction of sp³-hybridized carbons (Fsp3) is 0.429. The Balaban J connectivity index is 2.18. The molecule has 1 saturated heterocycles. The molecular weight excluding hydrogens is 258 g/mol. The molecule has 1 aliphatic heterocycles. The Morgan fingerprint density at radius 2 is 2.05 bits per heavy atom. The van der Waals surface area contributed by atoms with E-state index in [1.54, 1.807) is 43.0 Å². The van der Waals surface area contributed by atoms with Crippen LogP contribution in [0.5, 0.6) is 0 Å². The van der Waals surface area contributed by atoms with Gasteiger partial charge in [0.1, 0.15) is 0 Å². The third kappa shape index (κ3) is 2.66. The zero-order chi connectivity index (χ0) is 14.9. The van der Waals surface area contributed by atoms with Crippen LogP contribution in [0.1, 0.15) is 25.5 Å². The Morgan fingerprint density at radius 3 is 2.70 bits per heavy atom. The highest BCUT2D eigenvalue weighted by molar-refractivity contribution is 6.02. The molecule has 4 N–H and O–H groups in total. The summed E-state index contributed by atoms with van der Waals surface area (Å²) >= 11 is 0. The standard InChI is InChI=1S/C14H19N3O3/c1-14(2)13(20)16-12(19)8-17(14)7-11(18)9-5-3-4-6-10(9)15/h3-6,11,18H,7-8,15H2,1-2H3,(H,16,19,20). The van der Waals surface area contributed by atoms with E-state index in [4.69, 9.17) is 5.73 Å². The minimum Gasteiger partial charge on any atom is -0.398 e. The summed E-state index contributed by atoms with van der Waals surface area (Å²) in [6.45, 7) is 3.68. The van der Waals surface area contributed by atoms with Gasteiger partial charge in [0, 0.05) is 17.8 Å². The van der Waals surface area contributed by atoms with Crippen LogP contribution in [0.2, 0.25) is 0 Å². The van der Waals surface area contributed by atoms with E-state index in [2.05, 4.69) is 5.32 Å². The lowest BCUT2D eigenvalue weighted by Crippen LogP contribution is -2.64. The van der Waals surface area contributed by atoms with Crippen molar-refractivity contribution < 1.29 is 14.7 Å². The van der Waals surface area contributed by atoms with E-state index in [0.717, 1.165) is 0 Å². The molecule has 1 heterocycles. The molecule has 20 heavy (non-hydrogen) atoms. The number of nitrogen functional groups attached to an aromatic ring is 1. The number of aliphatic hydroxyl groups excluding tert-OH is 1. The molecule has 1 aromatic carbocycles. The number of benzene rings is 1. The Hall–Kier alpha value is -1.92. The topological polar surface area (TPSA) is 95.7 Å². The minimum atomic E-state index is -0.853. The lowest BCUT2D eigenvalue weighted by Gasteiger charge is -2.41. The number of hydrogen-bond donors (Lipinski definition) is 3. The number of nitrogens with zero attached hydrogens (tertiary/aromatic N) is 1. The molecule has 2 amide bonds. The highest BCUT2D eigenvalue weighted by Gasteiger charge is 2.41. The Morgan fingerprint density at radius 1 is 1.40 bits per heavy atom. The molecule has 108 valence electrons. The van der Waals surface area contributed by atoms with E-state index >= 15 is 0 Å². The van der Waals surface area contributed by atoms with Crippen LogP contribution in [-0.2, 0) is 9.59 Å². The number of carbonyl (C=O) groups is 2. The Bertz CT molecular complexity index is 542. The number of nitrogens with two attached hydrogens (primary N) is 1. The maximum atomic E-state index is 11.8. The maximum absolute atomic E-state index is 11.8. The average molecular weight is 277 g/mol. The van der Waals surface area contributed by atoms with Crippen LogP contribution in [0.4, 0.5) is 5.69 Å². The summed E-state index contributed by atoms with van der Waals surface area (Å²) in [5, 5.41) is 12.6. The number of rotatable bonds is 3. The normalized spacial score (nSPS) is 20.6. The second-order valence-electron chi connectivity index (χ2n) is 5.46. The quantitative estimate of drug-likeness (QED) is 0.535. The zero-order valence-electron chi connectivity index (χ0n) is 11.6. The second kappa shape index (κ2) is 5.22. The van der Waals surface area contributed by atoms with E-state index in [-0.39, 0.29) is 24.9 Å². The summed E-state index contributed by atoms with van der Waals surface area (Å²) in [6, 6.07) is 7.01. The molecule has 0 bridgehead atoms. The van der Waals surface area contributed by atoms with Gasteiger partial charge >= 0.3 is 0 Å². The third-order valence-electron chi connectivity index (χ3n) is 3.68. The van der Waals surface area contributed by atoms with E-state index in [0.29, 0.717) is 11.3 Å². The summed E-state index contributed by atoms with van der Waals surface area (Å²) < 4.78 is 0. The van der Waals surface area contributed by atoms with Gasteiger partial charge in [-0.25, -0.2) is 0 Å². The van der Waals surface area contributed by atoms with Crippen LogP contribution < -0.4 is 11.1 Å². The van der Waals surface area contributed by atoms with Crippen molar-refractivity contribution in [2.75, 3.05) is 18.8 Å². The fourth-order valence-electron chi connectivity index (χ4n) is 2.25. The second-order valence-corrected chi connectivity index (χ2v) is 5.46. The van der Waals surface area contributed by atoms with Gasteiger partial charge in [-0.05, 0) is 19.9 Å². The largest absolute Gasteiger partial charge is 0.398 e. The average Bonchev–Trinajstić information content (AvgIpc) is 2.36. The van der Waals surface area contributed by atoms with Crippen LogP contribution in [0.3, 0.4) is 0 Å². The van der Waals surface area contributed by atoms with Crippen molar-refractivity contribution in [3.63, 3.8) is 0 Å². The smallest absolute Gasteiger partial charge is 0.246 e. The summed E-state index contributed by atoms with van der Waals surface area (Å²) in [6.07, 6.45) is -0.853. The van der Waals surface area contributed by atoms with Gasteiger partial charge in [0.25, 0.3) is 0 Å². The molecule has 1 unspecified atom stereocenters. The van der Waals surface area contributed by atoms with Crippen molar-refractivity contribution in [3.05, 3.63) is 29.8 Å². The first-order chi connectivity index (χ1) is 9.32. The van der Waals surface area contributed by atoms with Crippen molar-refractivity contribution in [2.24, 2.45) is 0 Å². The number of imide groups is 1. The molecule has 0 spiro atoms. The highest BCUT2D eigenvalue weighted by Crippen LogP contribution is 2.25. The van der Waals surface area contributed by atoms with Crippen LogP contribution in [0.15, 0.2) is 24.3 Å². The van der Waals surface area contributed by atoms with Gasteiger partial charge in [0.05, 0.1) is 18.2 Å². The van der Waals surface area contributed by atoms with Crippen LogP contribution in [0.25, 0.3) is 0 Å². The van der Waals surface area contributed by atoms with E-state index < -0.39 is 11.6 Å². The van der Waals surface area contributed by atoms with Crippen molar-refractivity contribution in [2.45, 2.75) is 25.5 Å². The zero-order valence-corrected chi connectivity index (χ0v) is 11.6.